The Bertz CT molecular complexity index is 475. The fourth-order valence-corrected chi connectivity index (χ4v) is 2.96. The second kappa shape index (κ2) is 6.59. The zero-order valence-electron chi connectivity index (χ0n) is 12.2. The maximum absolute atomic E-state index is 12.5. The van der Waals surface area contributed by atoms with Crippen molar-refractivity contribution in [3.63, 3.8) is 0 Å². The molecule has 1 aliphatic rings. The van der Waals surface area contributed by atoms with E-state index < -0.39 is 0 Å². The minimum atomic E-state index is -0.123. The summed E-state index contributed by atoms with van der Waals surface area (Å²) in [6.45, 7) is 4.64. The van der Waals surface area contributed by atoms with Gasteiger partial charge in [0.15, 0.2) is 0 Å². The first-order valence-electron chi connectivity index (χ1n) is 7.30. The molecule has 110 valence electrons. The van der Waals surface area contributed by atoms with Crippen molar-refractivity contribution in [3.8, 4) is 0 Å². The van der Waals surface area contributed by atoms with Gasteiger partial charge in [0.25, 0.3) is 0 Å². The van der Waals surface area contributed by atoms with E-state index in [1.807, 2.05) is 43.0 Å². The van der Waals surface area contributed by atoms with E-state index >= 15 is 0 Å². The zero-order chi connectivity index (χ0) is 14.7. The Morgan fingerprint density at radius 2 is 2.15 bits per heavy atom. The summed E-state index contributed by atoms with van der Waals surface area (Å²) < 4.78 is 0. The Balaban J connectivity index is 2.08. The third kappa shape index (κ3) is 3.33. The molecule has 1 amide bonds. The van der Waals surface area contributed by atoms with Gasteiger partial charge in [0.1, 0.15) is 0 Å². The van der Waals surface area contributed by atoms with E-state index in [9.17, 15) is 4.79 Å². The summed E-state index contributed by atoms with van der Waals surface area (Å²) >= 11 is 6.22. The van der Waals surface area contributed by atoms with Crippen LogP contribution in [0.2, 0.25) is 5.02 Å². The van der Waals surface area contributed by atoms with Gasteiger partial charge in [-0.15, -0.1) is 0 Å². The molecule has 1 saturated heterocycles. The first-order valence-corrected chi connectivity index (χ1v) is 7.68. The molecule has 1 aromatic rings. The second-order valence-electron chi connectivity index (χ2n) is 5.77. The van der Waals surface area contributed by atoms with Gasteiger partial charge in [0, 0.05) is 23.7 Å². The van der Waals surface area contributed by atoms with Gasteiger partial charge in [-0.2, -0.15) is 0 Å². The van der Waals surface area contributed by atoms with E-state index in [0.29, 0.717) is 0 Å². The van der Waals surface area contributed by atoms with Crippen LogP contribution in [-0.4, -0.2) is 29.4 Å². The van der Waals surface area contributed by atoms with E-state index in [1.165, 1.54) is 0 Å². The zero-order valence-corrected chi connectivity index (χ0v) is 12.9. The highest BCUT2D eigenvalue weighted by Gasteiger charge is 2.32. The molecule has 1 aromatic carbocycles. The van der Waals surface area contributed by atoms with Crippen molar-refractivity contribution in [1.82, 2.24) is 4.90 Å². The number of rotatable bonds is 4. The standard InChI is InChI=1S/C16H23ClN2O/c1-11(12(2)18)16(20)19-9-5-7-14(19)10-13-6-3-4-8-15(13)17/h3-4,6,8,11-12,14H,5,7,9-10,18H2,1-2H3. The summed E-state index contributed by atoms with van der Waals surface area (Å²) in [4.78, 5) is 14.5. The molecule has 3 nitrogen and oxygen atoms in total. The third-order valence-electron chi connectivity index (χ3n) is 4.25. The van der Waals surface area contributed by atoms with Gasteiger partial charge in [-0.05, 0) is 37.8 Å². The Morgan fingerprint density at radius 3 is 2.80 bits per heavy atom. The van der Waals surface area contributed by atoms with Crippen molar-refractivity contribution in [1.29, 1.82) is 0 Å². The number of benzene rings is 1. The van der Waals surface area contributed by atoms with Crippen molar-refractivity contribution in [2.75, 3.05) is 6.54 Å². The molecule has 0 radical (unpaired) electrons. The summed E-state index contributed by atoms with van der Waals surface area (Å²) in [5.41, 5.74) is 6.98. The molecule has 4 heteroatoms. The average Bonchev–Trinajstić information content (AvgIpc) is 2.87. The van der Waals surface area contributed by atoms with Crippen molar-refractivity contribution in [2.45, 2.75) is 45.2 Å². The lowest BCUT2D eigenvalue weighted by molar-refractivity contribution is -0.136. The molecule has 3 atom stereocenters. The van der Waals surface area contributed by atoms with Crippen molar-refractivity contribution in [2.24, 2.45) is 11.7 Å². The summed E-state index contributed by atoms with van der Waals surface area (Å²) in [5.74, 6) is 0.0522. The van der Waals surface area contributed by atoms with Gasteiger partial charge in [-0.3, -0.25) is 4.79 Å². The first-order chi connectivity index (χ1) is 9.50. The van der Waals surface area contributed by atoms with E-state index in [4.69, 9.17) is 17.3 Å². The lowest BCUT2D eigenvalue weighted by Crippen LogP contribution is -2.44. The lowest BCUT2D eigenvalue weighted by Gasteiger charge is -2.29. The Labute approximate surface area is 126 Å². The molecule has 1 fully saturated rings. The molecule has 20 heavy (non-hydrogen) atoms. The Morgan fingerprint density at radius 1 is 1.45 bits per heavy atom. The molecule has 3 unspecified atom stereocenters. The van der Waals surface area contributed by atoms with Crippen molar-refractivity contribution < 1.29 is 4.79 Å². The largest absolute Gasteiger partial charge is 0.339 e. The molecule has 0 bridgehead atoms. The van der Waals surface area contributed by atoms with Gasteiger partial charge in [-0.25, -0.2) is 0 Å². The monoisotopic (exact) mass is 294 g/mol. The van der Waals surface area contributed by atoms with Gasteiger partial charge in [0.05, 0.1) is 5.92 Å². The number of hydrogen-bond acceptors (Lipinski definition) is 2. The summed E-state index contributed by atoms with van der Waals surface area (Å²) in [5, 5.41) is 0.784. The number of carbonyl (C=O) groups excluding carboxylic acids is 1. The maximum Gasteiger partial charge on any atom is 0.227 e. The van der Waals surface area contributed by atoms with E-state index in [0.717, 1.165) is 36.4 Å². The van der Waals surface area contributed by atoms with Crippen LogP contribution in [0.3, 0.4) is 0 Å². The molecule has 2 N–H and O–H groups in total. The quantitative estimate of drug-likeness (QED) is 0.928. The van der Waals surface area contributed by atoms with Crippen LogP contribution >= 0.6 is 11.6 Å². The molecular formula is C16H23ClN2O. The van der Waals surface area contributed by atoms with Crippen molar-refractivity contribution >= 4 is 17.5 Å². The molecule has 1 aliphatic heterocycles. The van der Waals surface area contributed by atoms with Gasteiger partial charge < -0.3 is 10.6 Å². The minimum absolute atomic E-state index is 0.107. The molecule has 2 rings (SSSR count). The number of halogens is 1. The van der Waals surface area contributed by atoms with Crippen LogP contribution in [0.4, 0.5) is 0 Å². The van der Waals surface area contributed by atoms with Gasteiger partial charge in [-0.1, -0.05) is 36.7 Å². The average molecular weight is 295 g/mol. The highest BCUT2D eigenvalue weighted by atomic mass is 35.5. The molecule has 0 spiro atoms. The number of nitrogens with zero attached hydrogens (tertiary/aromatic N) is 1. The predicted molar refractivity (Wildman–Crippen MR) is 82.7 cm³/mol. The third-order valence-corrected chi connectivity index (χ3v) is 4.62. The maximum atomic E-state index is 12.5. The molecule has 0 saturated carbocycles. The molecular weight excluding hydrogens is 272 g/mol. The normalized spacial score (nSPS) is 21.8. The Hall–Kier alpha value is -1.06. The van der Waals surface area contributed by atoms with E-state index in [2.05, 4.69) is 0 Å². The number of likely N-dealkylation sites (tertiary alicyclic amines) is 1. The second-order valence-corrected chi connectivity index (χ2v) is 6.18. The number of amides is 1. The highest BCUT2D eigenvalue weighted by molar-refractivity contribution is 6.31. The van der Waals surface area contributed by atoms with Crippen LogP contribution < -0.4 is 5.73 Å². The van der Waals surface area contributed by atoms with Crippen LogP contribution in [0.15, 0.2) is 24.3 Å². The SMILES string of the molecule is CC(N)C(C)C(=O)N1CCCC1Cc1ccccc1Cl. The van der Waals surface area contributed by atoms with Crippen molar-refractivity contribution in [3.05, 3.63) is 34.9 Å². The molecule has 0 aromatic heterocycles. The topological polar surface area (TPSA) is 46.3 Å². The van der Waals surface area contributed by atoms with Crippen LogP contribution in [0, 0.1) is 5.92 Å². The Kier molecular flexibility index (Phi) is 5.06. The fraction of sp³-hybridized carbons (Fsp3) is 0.562. The summed E-state index contributed by atoms with van der Waals surface area (Å²) in [6, 6.07) is 8.02. The predicted octanol–water partition coefficient (Wildman–Crippen LogP) is 2.86. The van der Waals surface area contributed by atoms with E-state index in [1.54, 1.807) is 0 Å². The van der Waals surface area contributed by atoms with E-state index in [-0.39, 0.29) is 23.9 Å². The van der Waals surface area contributed by atoms with Crippen LogP contribution in [-0.2, 0) is 11.2 Å². The molecule has 1 heterocycles. The number of hydrogen-bond donors (Lipinski definition) is 1. The number of carbonyl (C=O) groups is 1. The minimum Gasteiger partial charge on any atom is -0.339 e. The van der Waals surface area contributed by atoms with Gasteiger partial charge in [0.2, 0.25) is 5.91 Å². The highest BCUT2D eigenvalue weighted by Crippen LogP contribution is 2.26. The fourth-order valence-electron chi connectivity index (χ4n) is 2.74. The first kappa shape index (κ1) is 15.3. The molecule has 0 aliphatic carbocycles. The summed E-state index contributed by atoms with van der Waals surface area (Å²) in [6.07, 6.45) is 2.94. The number of nitrogens with two attached hydrogens (primary N) is 1. The summed E-state index contributed by atoms with van der Waals surface area (Å²) in [7, 11) is 0. The smallest absolute Gasteiger partial charge is 0.227 e. The lowest BCUT2D eigenvalue weighted by atomic mass is 10.00. The van der Waals surface area contributed by atoms with Crippen LogP contribution in [0.1, 0.15) is 32.3 Å². The van der Waals surface area contributed by atoms with Crippen LogP contribution in [0.5, 0.6) is 0 Å². The van der Waals surface area contributed by atoms with Gasteiger partial charge >= 0.3 is 0 Å². The van der Waals surface area contributed by atoms with Crippen LogP contribution in [0.25, 0.3) is 0 Å².